The molecule has 1 N–H and O–H groups in total. The lowest BCUT2D eigenvalue weighted by molar-refractivity contribution is 0.294. The van der Waals surface area contributed by atoms with Gasteiger partial charge in [-0.25, -0.2) is 4.79 Å². The van der Waals surface area contributed by atoms with E-state index >= 15 is 0 Å². The summed E-state index contributed by atoms with van der Waals surface area (Å²) >= 11 is 0. The largest absolute Gasteiger partial charge is 0.496 e. The van der Waals surface area contributed by atoms with Crippen LogP contribution in [0, 0.1) is 6.92 Å². The molecule has 0 aliphatic carbocycles. The second-order valence-corrected chi connectivity index (χ2v) is 7.44. The highest BCUT2D eigenvalue weighted by atomic mass is 16.5. The first-order valence-electron chi connectivity index (χ1n) is 10.0. The number of nitrogens with zero attached hydrogens (tertiary/aromatic N) is 4. The minimum atomic E-state index is -0.341. The van der Waals surface area contributed by atoms with Crippen LogP contribution in [0.4, 0.5) is 0 Å². The van der Waals surface area contributed by atoms with Crippen molar-refractivity contribution in [3.05, 3.63) is 81.9 Å². The molecule has 1 aliphatic heterocycles. The topological polar surface area (TPSA) is 83.2 Å². The number of benzene rings is 2. The van der Waals surface area contributed by atoms with Crippen LogP contribution < -0.4 is 20.5 Å². The Bertz CT molecular complexity index is 1220. The zero-order chi connectivity index (χ0) is 22.0. The molecule has 0 radical (unpaired) electrons. The summed E-state index contributed by atoms with van der Waals surface area (Å²) in [5, 5.41) is 11.1. The van der Waals surface area contributed by atoms with Crippen molar-refractivity contribution < 1.29 is 9.47 Å². The van der Waals surface area contributed by atoms with Crippen LogP contribution >= 0.6 is 0 Å². The van der Waals surface area contributed by atoms with E-state index in [0.717, 1.165) is 22.4 Å². The number of nitrogens with one attached hydrogen (secondary N) is 1. The first-order chi connectivity index (χ1) is 15.0. The zero-order valence-electron chi connectivity index (χ0n) is 18.0. The van der Waals surface area contributed by atoms with E-state index in [4.69, 9.17) is 9.47 Å². The van der Waals surface area contributed by atoms with Crippen molar-refractivity contribution >= 4 is 5.57 Å². The average Bonchev–Trinajstić information content (AvgIpc) is 3.11. The molecule has 0 amide bonds. The van der Waals surface area contributed by atoms with Crippen molar-refractivity contribution in [2.24, 2.45) is 7.05 Å². The average molecular weight is 419 g/mol. The van der Waals surface area contributed by atoms with Crippen molar-refractivity contribution in [1.82, 2.24) is 25.1 Å². The lowest BCUT2D eigenvalue weighted by Gasteiger charge is -2.17. The van der Waals surface area contributed by atoms with Crippen LogP contribution in [-0.2, 0) is 13.7 Å². The number of dihydropyridines is 1. The molecule has 8 heteroatoms. The van der Waals surface area contributed by atoms with E-state index in [9.17, 15) is 4.79 Å². The number of methoxy groups -OCH3 is 1. The van der Waals surface area contributed by atoms with Gasteiger partial charge in [-0.05, 0) is 65.2 Å². The molecule has 0 saturated heterocycles. The zero-order valence-corrected chi connectivity index (χ0v) is 18.0. The molecule has 2 heterocycles. The van der Waals surface area contributed by atoms with Crippen molar-refractivity contribution in [2.75, 3.05) is 7.11 Å². The lowest BCUT2D eigenvalue weighted by atomic mass is 10.0. The number of aromatic nitrogens is 4. The molecule has 3 aromatic rings. The normalized spacial score (nSPS) is 15.4. The monoisotopic (exact) mass is 419 g/mol. The number of rotatable bonds is 6. The second-order valence-electron chi connectivity index (χ2n) is 7.44. The fourth-order valence-electron chi connectivity index (χ4n) is 3.45. The van der Waals surface area contributed by atoms with E-state index in [0.29, 0.717) is 23.0 Å². The van der Waals surface area contributed by atoms with Gasteiger partial charge >= 0.3 is 5.69 Å². The molecule has 1 unspecified atom stereocenters. The maximum absolute atomic E-state index is 12.4. The summed E-state index contributed by atoms with van der Waals surface area (Å²) < 4.78 is 14.1. The van der Waals surface area contributed by atoms with E-state index < -0.39 is 0 Å². The molecular formula is C23H25N5O3. The Kier molecular flexibility index (Phi) is 5.62. The van der Waals surface area contributed by atoms with Gasteiger partial charge in [0, 0.05) is 19.3 Å². The van der Waals surface area contributed by atoms with E-state index in [2.05, 4.69) is 40.9 Å². The van der Waals surface area contributed by atoms with Gasteiger partial charge in [0.2, 0.25) is 0 Å². The highest BCUT2D eigenvalue weighted by Crippen LogP contribution is 2.29. The van der Waals surface area contributed by atoms with Gasteiger partial charge in [-0.15, -0.1) is 0 Å². The minimum absolute atomic E-state index is 0.213. The maximum atomic E-state index is 12.4. The standard InChI is InChI=1S/C23H25N5O3/c1-15-12-17(18-9-8-16(2)24-13-18)10-11-21(15)31-14-19-20(6-5-7-22(19)30-4)28-23(29)27(3)25-26-28/h5-13,16,24H,14H2,1-4H3. The summed E-state index contributed by atoms with van der Waals surface area (Å²) in [7, 11) is 3.14. The van der Waals surface area contributed by atoms with Gasteiger partial charge in [-0.1, -0.05) is 24.3 Å². The van der Waals surface area contributed by atoms with E-state index in [1.807, 2.05) is 31.3 Å². The van der Waals surface area contributed by atoms with Crippen molar-refractivity contribution in [2.45, 2.75) is 26.5 Å². The number of aryl methyl sites for hydroxylation is 2. The van der Waals surface area contributed by atoms with Gasteiger partial charge in [0.25, 0.3) is 0 Å². The summed E-state index contributed by atoms with van der Waals surface area (Å²) in [6, 6.07) is 11.9. The Morgan fingerprint density at radius 1 is 1.16 bits per heavy atom. The van der Waals surface area contributed by atoms with Crippen molar-refractivity contribution in [1.29, 1.82) is 0 Å². The molecule has 0 bridgehead atoms. The molecule has 1 atom stereocenters. The van der Waals surface area contributed by atoms with Crippen LogP contribution in [-0.4, -0.2) is 32.9 Å². The SMILES string of the molecule is COc1cccc(-n2nnn(C)c2=O)c1COc1ccc(C2=CNC(C)C=C2)cc1C. The van der Waals surface area contributed by atoms with Crippen LogP contribution in [0.5, 0.6) is 11.5 Å². The summed E-state index contributed by atoms with van der Waals surface area (Å²) in [5.74, 6) is 1.37. The Morgan fingerprint density at radius 3 is 2.65 bits per heavy atom. The molecule has 0 spiro atoms. The first-order valence-corrected chi connectivity index (χ1v) is 10.0. The Balaban J connectivity index is 1.60. The predicted octanol–water partition coefficient (Wildman–Crippen LogP) is 2.75. The van der Waals surface area contributed by atoms with Crippen LogP contribution in [0.1, 0.15) is 23.6 Å². The Hall–Kier alpha value is -3.81. The predicted molar refractivity (Wildman–Crippen MR) is 118 cm³/mol. The van der Waals surface area contributed by atoms with Crippen LogP contribution in [0.2, 0.25) is 0 Å². The highest BCUT2D eigenvalue weighted by Gasteiger charge is 2.16. The number of ether oxygens (including phenoxy) is 2. The third kappa shape index (κ3) is 4.09. The minimum Gasteiger partial charge on any atom is -0.496 e. The van der Waals surface area contributed by atoms with Crippen LogP contribution in [0.3, 0.4) is 0 Å². The molecule has 8 nitrogen and oxygen atoms in total. The number of hydrogen-bond donors (Lipinski definition) is 1. The van der Waals surface area contributed by atoms with Crippen LogP contribution in [0.25, 0.3) is 11.3 Å². The van der Waals surface area contributed by atoms with Gasteiger partial charge in [-0.3, -0.25) is 0 Å². The van der Waals surface area contributed by atoms with Gasteiger partial charge in [0.1, 0.15) is 18.1 Å². The lowest BCUT2D eigenvalue weighted by Crippen LogP contribution is -2.23. The van der Waals surface area contributed by atoms with E-state index in [-0.39, 0.29) is 12.3 Å². The fraction of sp³-hybridized carbons (Fsp3) is 0.261. The van der Waals surface area contributed by atoms with E-state index in [1.54, 1.807) is 26.3 Å². The quantitative estimate of drug-likeness (QED) is 0.662. The van der Waals surface area contributed by atoms with Crippen molar-refractivity contribution in [3.63, 3.8) is 0 Å². The van der Waals surface area contributed by atoms with Crippen LogP contribution in [0.15, 0.2) is 59.5 Å². The van der Waals surface area contributed by atoms with Gasteiger partial charge < -0.3 is 14.8 Å². The third-order valence-electron chi connectivity index (χ3n) is 5.22. The molecule has 1 aromatic heterocycles. The van der Waals surface area contributed by atoms with Gasteiger partial charge in [0.15, 0.2) is 0 Å². The summed E-state index contributed by atoms with van der Waals surface area (Å²) in [6.45, 7) is 4.33. The third-order valence-corrected chi connectivity index (χ3v) is 5.22. The molecule has 2 aromatic carbocycles. The fourth-order valence-corrected chi connectivity index (χ4v) is 3.45. The number of allylic oxidation sites excluding steroid dienone is 2. The molecule has 0 fully saturated rings. The smallest absolute Gasteiger partial charge is 0.368 e. The number of tetrazole rings is 1. The molecular weight excluding hydrogens is 394 g/mol. The summed E-state index contributed by atoms with van der Waals surface area (Å²) in [4.78, 5) is 12.4. The first kappa shape index (κ1) is 20.5. The molecule has 160 valence electrons. The van der Waals surface area contributed by atoms with Crippen molar-refractivity contribution in [3.8, 4) is 17.2 Å². The molecule has 31 heavy (non-hydrogen) atoms. The van der Waals surface area contributed by atoms with Gasteiger partial charge in [-0.2, -0.15) is 9.36 Å². The summed E-state index contributed by atoms with van der Waals surface area (Å²) in [6.07, 6.45) is 6.28. The number of hydrogen-bond acceptors (Lipinski definition) is 6. The Labute approximate surface area is 180 Å². The van der Waals surface area contributed by atoms with E-state index in [1.165, 1.54) is 9.36 Å². The molecule has 4 rings (SSSR count). The molecule has 0 saturated carbocycles. The Morgan fingerprint density at radius 2 is 2.00 bits per heavy atom. The molecule has 1 aliphatic rings. The summed E-state index contributed by atoms with van der Waals surface area (Å²) in [5.41, 5.74) is 4.20. The second kappa shape index (κ2) is 8.51. The highest BCUT2D eigenvalue weighted by molar-refractivity contribution is 5.75. The van der Waals surface area contributed by atoms with Gasteiger partial charge in [0.05, 0.1) is 18.4 Å². The maximum Gasteiger partial charge on any atom is 0.368 e.